The lowest BCUT2D eigenvalue weighted by Gasteiger charge is -2.27. The molecule has 13 rings (SSSR count). The van der Waals surface area contributed by atoms with Crippen molar-refractivity contribution in [1.82, 2.24) is 4.57 Å². The number of thiophene rings is 1. The molecule has 5 heterocycles. The van der Waals surface area contributed by atoms with E-state index in [9.17, 15) is 0 Å². The largest absolute Gasteiger partial charge is 0.456 e. The normalized spacial score (nSPS) is 13.6. The molecule has 0 aliphatic carbocycles. The van der Waals surface area contributed by atoms with Crippen LogP contribution in [0, 0.1) is 0 Å². The van der Waals surface area contributed by atoms with E-state index in [0.717, 1.165) is 50.1 Å². The Morgan fingerprint density at radius 3 is 2.26 bits per heavy atom. The smallest absolute Gasteiger partial charge is 0.197 e. The maximum atomic E-state index is 6.57. The predicted octanol–water partition coefficient (Wildman–Crippen LogP) is 14.9. The van der Waals surface area contributed by atoms with E-state index in [1.165, 1.54) is 85.0 Å². The second-order valence-electron chi connectivity index (χ2n) is 17.7. The van der Waals surface area contributed by atoms with Gasteiger partial charge in [-0.3, -0.25) is 0 Å². The number of thioether (sulfide) groups is 1. The summed E-state index contributed by atoms with van der Waals surface area (Å²) in [5.74, 6) is 0. The molecule has 3 aromatic heterocycles. The van der Waals surface area contributed by atoms with Gasteiger partial charge in [-0.15, -0.1) is 11.3 Å². The molecule has 0 saturated carbocycles. The summed E-state index contributed by atoms with van der Waals surface area (Å²) in [7, 11) is 2.43. The quantitative estimate of drug-likeness (QED) is 0.179. The van der Waals surface area contributed by atoms with Gasteiger partial charge in [-0.2, -0.15) is 0 Å². The Bertz CT molecular complexity index is 3770. The van der Waals surface area contributed by atoms with Crippen LogP contribution in [0.3, 0.4) is 0 Å². The number of aromatic nitrogens is 1. The first-order valence-corrected chi connectivity index (χ1v) is 22.8. The minimum absolute atomic E-state index is 0.0722. The van der Waals surface area contributed by atoms with Crippen molar-refractivity contribution in [2.75, 3.05) is 5.32 Å². The third kappa shape index (κ3) is 5.39. The second-order valence-corrected chi connectivity index (χ2v) is 19.9. The Hall–Kier alpha value is -6.73. The van der Waals surface area contributed by atoms with Crippen molar-refractivity contribution in [3.8, 4) is 16.8 Å². The third-order valence-corrected chi connectivity index (χ3v) is 15.2. The zero-order valence-corrected chi connectivity index (χ0v) is 36.1. The van der Waals surface area contributed by atoms with E-state index in [2.05, 4.69) is 196 Å². The van der Waals surface area contributed by atoms with Gasteiger partial charge in [-0.1, -0.05) is 142 Å². The number of hydrogen-bond acceptors (Lipinski definition) is 4. The molecule has 0 unspecified atom stereocenters. The number of para-hydroxylation sites is 1. The lowest BCUT2D eigenvalue weighted by atomic mass is 9.58. The van der Waals surface area contributed by atoms with Gasteiger partial charge in [0.15, 0.2) is 7.28 Å². The summed E-state index contributed by atoms with van der Waals surface area (Å²) in [6, 6.07) is 55.6. The van der Waals surface area contributed by atoms with Gasteiger partial charge in [-0.05, 0) is 93.3 Å². The van der Waals surface area contributed by atoms with E-state index in [1.807, 2.05) is 29.2 Å². The first kappa shape index (κ1) is 36.0. The van der Waals surface area contributed by atoms with Gasteiger partial charge in [0.05, 0.1) is 5.52 Å². The van der Waals surface area contributed by atoms with Crippen molar-refractivity contribution in [3.05, 3.63) is 181 Å². The highest BCUT2D eigenvalue weighted by atomic mass is 32.2. The van der Waals surface area contributed by atoms with Crippen molar-refractivity contribution in [2.24, 2.45) is 0 Å². The van der Waals surface area contributed by atoms with Crippen LogP contribution in [0.4, 0.5) is 11.4 Å². The molecular weight excluding hydrogens is 792 g/mol. The number of fused-ring (bicyclic) bond motifs is 12. The number of allylic oxidation sites excluding steroid dienone is 2. The Morgan fingerprint density at radius 2 is 1.42 bits per heavy atom. The molecule has 3 nitrogen and oxygen atoms in total. The van der Waals surface area contributed by atoms with Crippen LogP contribution in [0.1, 0.15) is 37.5 Å². The molecule has 1 radical (unpaired) electrons. The van der Waals surface area contributed by atoms with Gasteiger partial charge in [0.25, 0.3) is 0 Å². The fraction of sp³-hybridized carbons (Fsp3) is 0.0714. The molecule has 0 spiro atoms. The predicted molar refractivity (Wildman–Crippen MR) is 269 cm³/mol. The molecule has 0 bridgehead atoms. The van der Waals surface area contributed by atoms with Gasteiger partial charge in [-0.25, -0.2) is 0 Å². The standard InChI is InChI=1S/C56H38BN2OS2/c1-31-24-51(32-12-6-5-7-13-32)62-53-30-47-44(27-39(31)53)57-54-37(22-23-38-41-26-42-35-14-8-10-16-48(35)60-49(42)29-46(41)59(47)55(38)54)40-25-43-36-15-9-11-17-50(36)61-52(43)28-45(40)58-34-20-18-33(19-21-34)56(2,3)4/h5-30,58H,1H2,2-4H3. The van der Waals surface area contributed by atoms with Crippen molar-refractivity contribution >= 4 is 127 Å². The molecule has 2 aliphatic rings. The Kier molecular flexibility index (Phi) is 7.62. The topological polar surface area (TPSA) is 30.1 Å². The molecule has 6 heteroatoms. The highest BCUT2D eigenvalue weighted by Crippen LogP contribution is 2.47. The average Bonchev–Trinajstić information content (AvgIpc) is 3.94. The van der Waals surface area contributed by atoms with E-state index in [-0.39, 0.29) is 5.41 Å². The van der Waals surface area contributed by atoms with E-state index in [1.54, 1.807) is 0 Å². The van der Waals surface area contributed by atoms with Crippen molar-refractivity contribution in [3.63, 3.8) is 0 Å². The molecule has 0 saturated heterocycles. The molecule has 0 amide bonds. The van der Waals surface area contributed by atoms with Gasteiger partial charge in [0.2, 0.25) is 0 Å². The molecule has 62 heavy (non-hydrogen) atoms. The van der Waals surface area contributed by atoms with E-state index in [4.69, 9.17) is 4.42 Å². The zero-order chi connectivity index (χ0) is 41.4. The fourth-order valence-corrected chi connectivity index (χ4v) is 12.1. The number of furan rings is 1. The number of nitrogens with zero attached hydrogens (tertiary/aromatic N) is 1. The minimum atomic E-state index is 0.0722. The van der Waals surface area contributed by atoms with Crippen molar-refractivity contribution < 1.29 is 4.42 Å². The molecule has 11 aromatic rings. The SMILES string of the molecule is C=C1C=C(c2ccccc2)Sc2cc3c(cc21)[B]c1c(-c2cc4c(cc2Nc2ccc(C(C)(C)C)cc2)sc2ccccc24)ccc2c4cc5c(cc4n-3c12)oc1ccccc15. The monoisotopic (exact) mass is 829 g/mol. The number of anilines is 2. The van der Waals surface area contributed by atoms with Crippen molar-refractivity contribution in [1.29, 1.82) is 0 Å². The van der Waals surface area contributed by atoms with Crippen LogP contribution < -0.4 is 16.2 Å². The van der Waals surface area contributed by atoms with Crippen LogP contribution in [-0.4, -0.2) is 11.8 Å². The van der Waals surface area contributed by atoms with Gasteiger partial charge in [0.1, 0.15) is 11.2 Å². The molecule has 1 N–H and O–H groups in total. The van der Waals surface area contributed by atoms with E-state index >= 15 is 0 Å². The fourth-order valence-electron chi connectivity index (χ4n) is 9.80. The third-order valence-electron chi connectivity index (χ3n) is 12.9. The number of rotatable bonds is 4. The Labute approximate surface area is 368 Å². The average molecular weight is 830 g/mol. The summed E-state index contributed by atoms with van der Waals surface area (Å²) in [4.78, 5) is 2.42. The Balaban J connectivity index is 1.08. The summed E-state index contributed by atoms with van der Waals surface area (Å²) >= 11 is 3.68. The van der Waals surface area contributed by atoms with Gasteiger partial charge >= 0.3 is 0 Å². The number of benzene rings is 8. The van der Waals surface area contributed by atoms with Crippen LogP contribution in [0.2, 0.25) is 0 Å². The molecule has 8 aromatic carbocycles. The minimum Gasteiger partial charge on any atom is -0.456 e. The lowest BCUT2D eigenvalue weighted by molar-refractivity contribution is 0.590. The molecule has 0 fully saturated rings. The highest BCUT2D eigenvalue weighted by Gasteiger charge is 2.30. The van der Waals surface area contributed by atoms with Gasteiger partial charge < -0.3 is 14.3 Å². The Morgan fingerprint density at radius 1 is 0.629 bits per heavy atom. The number of nitrogens with one attached hydrogen (secondary N) is 1. The van der Waals surface area contributed by atoms with E-state index in [0.29, 0.717) is 0 Å². The van der Waals surface area contributed by atoms with Gasteiger partial charge in [0, 0.05) is 85.7 Å². The molecule has 0 atom stereocenters. The van der Waals surface area contributed by atoms with Crippen LogP contribution >= 0.6 is 23.1 Å². The van der Waals surface area contributed by atoms with Crippen LogP contribution in [0.25, 0.3) is 91.2 Å². The van der Waals surface area contributed by atoms with Crippen LogP contribution in [-0.2, 0) is 5.41 Å². The molecular formula is C56H38BN2OS2. The van der Waals surface area contributed by atoms with E-state index < -0.39 is 0 Å². The summed E-state index contributed by atoms with van der Waals surface area (Å²) in [6.07, 6.45) is 2.24. The summed E-state index contributed by atoms with van der Waals surface area (Å²) in [5, 5.41) is 11.2. The summed E-state index contributed by atoms with van der Waals surface area (Å²) < 4.78 is 11.6. The van der Waals surface area contributed by atoms with Crippen LogP contribution in [0.5, 0.6) is 0 Å². The maximum Gasteiger partial charge on any atom is 0.197 e. The molecule has 2 aliphatic heterocycles. The maximum absolute atomic E-state index is 6.57. The van der Waals surface area contributed by atoms with Crippen LogP contribution in [0.15, 0.2) is 174 Å². The first-order chi connectivity index (χ1) is 30.2. The summed E-state index contributed by atoms with van der Waals surface area (Å²) in [5.41, 5.74) is 17.0. The first-order valence-electron chi connectivity index (χ1n) is 21.2. The second kappa shape index (κ2) is 13.1. The summed E-state index contributed by atoms with van der Waals surface area (Å²) in [6.45, 7) is 11.4. The number of hydrogen-bond donors (Lipinski definition) is 1. The van der Waals surface area contributed by atoms with Crippen molar-refractivity contribution in [2.45, 2.75) is 31.1 Å². The highest BCUT2D eigenvalue weighted by molar-refractivity contribution is 8.08. The lowest BCUT2D eigenvalue weighted by Crippen LogP contribution is -2.37. The molecule has 293 valence electrons. The zero-order valence-electron chi connectivity index (χ0n) is 34.5.